The number of para-hydroxylation sites is 1. The first kappa shape index (κ1) is 17.0. The molecule has 1 aromatic carbocycles. The third kappa shape index (κ3) is 3.95. The summed E-state index contributed by atoms with van der Waals surface area (Å²) in [5.74, 6) is -0.539. The van der Waals surface area contributed by atoms with Gasteiger partial charge in [0.25, 0.3) is 5.91 Å². The van der Waals surface area contributed by atoms with E-state index in [2.05, 4.69) is 0 Å². The van der Waals surface area contributed by atoms with Gasteiger partial charge in [-0.05, 0) is 19.9 Å². The lowest BCUT2D eigenvalue weighted by Gasteiger charge is -2.28. The molecule has 0 saturated carbocycles. The van der Waals surface area contributed by atoms with Gasteiger partial charge in [-0.3, -0.25) is 4.79 Å². The van der Waals surface area contributed by atoms with Crippen LogP contribution in [0.25, 0.3) is 0 Å². The highest BCUT2D eigenvalue weighted by Gasteiger charge is 2.30. The molecule has 0 aliphatic heterocycles. The Labute approximate surface area is 124 Å². The number of rotatable bonds is 6. The van der Waals surface area contributed by atoms with E-state index in [4.69, 9.17) is 15.2 Å². The number of ether oxygens (including phenoxy) is 2. The Morgan fingerprint density at radius 3 is 2.52 bits per heavy atom. The van der Waals surface area contributed by atoms with E-state index >= 15 is 0 Å². The van der Waals surface area contributed by atoms with E-state index in [1.54, 1.807) is 21.1 Å². The summed E-state index contributed by atoms with van der Waals surface area (Å²) in [5.41, 5.74) is 6.48. The Hall–Kier alpha value is -2.08. The summed E-state index contributed by atoms with van der Waals surface area (Å²) in [7, 11) is 3.16. The Kier molecular flexibility index (Phi) is 6.17. The first-order valence-corrected chi connectivity index (χ1v) is 6.75. The SMILES string of the molecule is CCOC(=O)C(N)C(=O)N(C)C(C)c1ccccc1OC. The molecule has 0 radical (unpaired) electrons. The number of benzene rings is 1. The average molecular weight is 294 g/mol. The molecule has 0 heterocycles. The molecule has 0 saturated heterocycles. The van der Waals surface area contributed by atoms with E-state index in [0.29, 0.717) is 5.75 Å². The summed E-state index contributed by atoms with van der Waals surface area (Å²) in [5, 5.41) is 0. The minimum absolute atomic E-state index is 0.186. The fourth-order valence-corrected chi connectivity index (χ4v) is 1.96. The Morgan fingerprint density at radius 1 is 1.33 bits per heavy atom. The molecule has 2 unspecified atom stereocenters. The van der Waals surface area contributed by atoms with Gasteiger partial charge in [-0.2, -0.15) is 0 Å². The molecule has 116 valence electrons. The first-order chi connectivity index (χ1) is 9.93. The first-order valence-electron chi connectivity index (χ1n) is 6.75. The van der Waals surface area contributed by atoms with E-state index < -0.39 is 17.9 Å². The van der Waals surface area contributed by atoms with Crippen LogP contribution in [0.15, 0.2) is 24.3 Å². The lowest BCUT2D eigenvalue weighted by molar-refractivity contribution is -0.151. The molecular formula is C15H22N2O4. The van der Waals surface area contributed by atoms with E-state index in [-0.39, 0.29) is 12.6 Å². The van der Waals surface area contributed by atoms with Gasteiger partial charge in [-0.1, -0.05) is 18.2 Å². The lowest BCUT2D eigenvalue weighted by Crippen LogP contribution is -2.48. The van der Waals surface area contributed by atoms with E-state index in [9.17, 15) is 9.59 Å². The molecule has 1 rings (SSSR count). The third-order valence-electron chi connectivity index (χ3n) is 3.32. The zero-order valence-corrected chi connectivity index (χ0v) is 12.8. The van der Waals surface area contributed by atoms with Crippen molar-refractivity contribution < 1.29 is 19.1 Å². The van der Waals surface area contributed by atoms with Crippen LogP contribution in [0.4, 0.5) is 0 Å². The minimum atomic E-state index is -1.31. The Balaban J connectivity index is 2.89. The standard InChI is InChI=1S/C15H22N2O4/c1-5-21-15(19)13(16)14(18)17(3)10(2)11-8-6-7-9-12(11)20-4/h6-10,13H,5,16H2,1-4H3. The van der Waals surface area contributed by atoms with E-state index in [1.807, 2.05) is 31.2 Å². The highest BCUT2D eigenvalue weighted by atomic mass is 16.5. The number of carbonyl (C=O) groups excluding carboxylic acids is 2. The van der Waals surface area contributed by atoms with Gasteiger partial charge in [-0.15, -0.1) is 0 Å². The fraction of sp³-hybridized carbons (Fsp3) is 0.467. The largest absolute Gasteiger partial charge is 0.496 e. The van der Waals surface area contributed by atoms with Crippen LogP contribution in [0.2, 0.25) is 0 Å². The van der Waals surface area contributed by atoms with Crippen LogP contribution < -0.4 is 10.5 Å². The number of hydrogen-bond donors (Lipinski definition) is 1. The van der Waals surface area contributed by atoms with Gasteiger partial charge in [0.05, 0.1) is 19.8 Å². The summed E-state index contributed by atoms with van der Waals surface area (Å²) in [6.45, 7) is 3.69. The Bertz CT molecular complexity index is 504. The number of nitrogens with two attached hydrogens (primary N) is 1. The maximum atomic E-state index is 12.2. The molecule has 6 nitrogen and oxygen atoms in total. The van der Waals surface area contributed by atoms with E-state index in [0.717, 1.165) is 5.56 Å². The number of likely N-dealkylation sites (N-methyl/N-ethyl adjacent to an activating group) is 1. The number of hydrogen-bond acceptors (Lipinski definition) is 5. The molecule has 2 atom stereocenters. The van der Waals surface area contributed by atoms with Gasteiger partial charge in [-0.25, -0.2) is 4.79 Å². The molecule has 1 amide bonds. The topological polar surface area (TPSA) is 81.9 Å². The van der Waals surface area contributed by atoms with Crippen molar-refractivity contribution in [2.24, 2.45) is 5.73 Å². The molecule has 6 heteroatoms. The molecule has 0 aromatic heterocycles. The minimum Gasteiger partial charge on any atom is -0.496 e. The van der Waals surface area contributed by atoms with Crippen LogP contribution in [0.5, 0.6) is 5.75 Å². The molecule has 0 bridgehead atoms. The number of esters is 1. The van der Waals surface area contributed by atoms with Crippen LogP contribution in [0.1, 0.15) is 25.5 Å². The van der Waals surface area contributed by atoms with Crippen molar-refractivity contribution in [1.82, 2.24) is 4.90 Å². The van der Waals surface area contributed by atoms with Gasteiger partial charge in [0.15, 0.2) is 6.04 Å². The second kappa shape index (κ2) is 7.64. The van der Waals surface area contributed by atoms with Crippen molar-refractivity contribution in [2.45, 2.75) is 25.9 Å². The fourth-order valence-electron chi connectivity index (χ4n) is 1.96. The molecule has 0 aliphatic rings. The highest BCUT2D eigenvalue weighted by molar-refractivity contribution is 6.01. The van der Waals surface area contributed by atoms with Crippen LogP contribution in [0, 0.1) is 0 Å². The van der Waals surface area contributed by atoms with Gasteiger partial charge >= 0.3 is 5.97 Å². The van der Waals surface area contributed by atoms with E-state index in [1.165, 1.54) is 4.90 Å². The number of amides is 1. The summed E-state index contributed by atoms with van der Waals surface area (Å²) < 4.78 is 10.1. The average Bonchev–Trinajstić information content (AvgIpc) is 2.52. The Morgan fingerprint density at radius 2 is 1.95 bits per heavy atom. The van der Waals surface area contributed by atoms with Gasteiger partial charge < -0.3 is 20.1 Å². The molecule has 0 spiro atoms. The van der Waals surface area contributed by atoms with Crippen molar-refractivity contribution in [3.63, 3.8) is 0 Å². The third-order valence-corrected chi connectivity index (χ3v) is 3.32. The van der Waals surface area contributed by atoms with Crippen molar-refractivity contribution in [3.8, 4) is 5.75 Å². The highest BCUT2D eigenvalue weighted by Crippen LogP contribution is 2.28. The van der Waals surface area contributed by atoms with Crippen molar-refractivity contribution in [3.05, 3.63) is 29.8 Å². The molecule has 1 aromatic rings. The number of carbonyl (C=O) groups is 2. The van der Waals surface area contributed by atoms with Crippen LogP contribution in [-0.2, 0) is 14.3 Å². The maximum absolute atomic E-state index is 12.2. The van der Waals surface area contributed by atoms with Gasteiger partial charge in [0.1, 0.15) is 5.75 Å². The molecule has 0 fully saturated rings. The lowest BCUT2D eigenvalue weighted by atomic mass is 10.1. The monoisotopic (exact) mass is 294 g/mol. The normalized spacial score (nSPS) is 13.2. The molecule has 21 heavy (non-hydrogen) atoms. The molecular weight excluding hydrogens is 272 g/mol. The van der Waals surface area contributed by atoms with Crippen LogP contribution in [0.3, 0.4) is 0 Å². The molecule has 0 aliphatic carbocycles. The summed E-state index contributed by atoms with van der Waals surface area (Å²) in [4.78, 5) is 25.2. The summed E-state index contributed by atoms with van der Waals surface area (Å²) >= 11 is 0. The smallest absolute Gasteiger partial charge is 0.332 e. The maximum Gasteiger partial charge on any atom is 0.332 e. The van der Waals surface area contributed by atoms with Crippen molar-refractivity contribution >= 4 is 11.9 Å². The zero-order chi connectivity index (χ0) is 16.0. The summed E-state index contributed by atoms with van der Waals surface area (Å²) in [6, 6.07) is 5.79. The number of nitrogens with zero attached hydrogens (tertiary/aromatic N) is 1. The van der Waals surface area contributed by atoms with Gasteiger partial charge in [0, 0.05) is 12.6 Å². The van der Waals surface area contributed by atoms with Crippen molar-refractivity contribution in [2.75, 3.05) is 20.8 Å². The summed E-state index contributed by atoms with van der Waals surface area (Å²) in [6.07, 6.45) is 0. The zero-order valence-electron chi connectivity index (χ0n) is 12.8. The molecule has 2 N–H and O–H groups in total. The second-order valence-electron chi connectivity index (χ2n) is 4.60. The predicted molar refractivity (Wildman–Crippen MR) is 78.8 cm³/mol. The van der Waals surface area contributed by atoms with Crippen LogP contribution >= 0.6 is 0 Å². The predicted octanol–water partition coefficient (Wildman–Crippen LogP) is 1.10. The quantitative estimate of drug-likeness (QED) is 0.627. The number of methoxy groups -OCH3 is 1. The van der Waals surface area contributed by atoms with Crippen LogP contribution in [-0.4, -0.2) is 43.6 Å². The van der Waals surface area contributed by atoms with Crippen molar-refractivity contribution in [1.29, 1.82) is 0 Å². The van der Waals surface area contributed by atoms with Gasteiger partial charge in [0.2, 0.25) is 0 Å². The second-order valence-corrected chi connectivity index (χ2v) is 4.60.